The predicted molar refractivity (Wildman–Crippen MR) is 139 cm³/mol. The lowest BCUT2D eigenvalue weighted by Gasteiger charge is -2.33. The number of aryl methyl sites for hydroxylation is 1. The molecular formula is C26H33N3O2S2. The lowest BCUT2D eigenvalue weighted by molar-refractivity contribution is -0.127. The third kappa shape index (κ3) is 4.76. The first kappa shape index (κ1) is 24.0. The van der Waals surface area contributed by atoms with Crippen molar-refractivity contribution in [2.75, 3.05) is 18.8 Å². The first-order chi connectivity index (χ1) is 15.7. The van der Waals surface area contributed by atoms with E-state index in [0.717, 1.165) is 35.2 Å². The fraction of sp³-hybridized carbons (Fsp3) is 0.500. The van der Waals surface area contributed by atoms with Crippen molar-refractivity contribution in [1.29, 1.82) is 0 Å². The van der Waals surface area contributed by atoms with Gasteiger partial charge in [0.15, 0.2) is 5.16 Å². The summed E-state index contributed by atoms with van der Waals surface area (Å²) in [4.78, 5) is 35.4. The average Bonchev–Trinajstić information content (AvgIpc) is 3.16. The van der Waals surface area contributed by atoms with Crippen LogP contribution in [0, 0.1) is 11.3 Å². The van der Waals surface area contributed by atoms with Gasteiger partial charge in [-0.3, -0.25) is 14.2 Å². The molecule has 1 aliphatic rings. The largest absolute Gasteiger partial charge is 0.343 e. The molecule has 0 spiro atoms. The summed E-state index contributed by atoms with van der Waals surface area (Å²) < 4.78 is 1.70. The molecule has 1 aliphatic carbocycles. The van der Waals surface area contributed by atoms with E-state index < -0.39 is 0 Å². The van der Waals surface area contributed by atoms with Crippen LogP contribution in [0.4, 0.5) is 0 Å². The van der Waals surface area contributed by atoms with Gasteiger partial charge in [-0.25, -0.2) is 4.98 Å². The molecule has 4 rings (SSSR count). The van der Waals surface area contributed by atoms with Crippen molar-refractivity contribution in [3.63, 3.8) is 0 Å². The molecule has 0 bridgehead atoms. The number of carbonyl (C=O) groups excluding carboxylic acids is 1. The molecule has 0 aliphatic heterocycles. The Morgan fingerprint density at radius 2 is 1.91 bits per heavy atom. The Kier molecular flexibility index (Phi) is 7.01. The van der Waals surface area contributed by atoms with Crippen LogP contribution in [0.5, 0.6) is 0 Å². The molecule has 0 unspecified atom stereocenters. The first-order valence-corrected chi connectivity index (χ1v) is 13.6. The highest BCUT2D eigenvalue weighted by Crippen LogP contribution is 2.42. The fourth-order valence-electron chi connectivity index (χ4n) is 4.64. The van der Waals surface area contributed by atoms with Crippen LogP contribution in [0.2, 0.25) is 0 Å². The molecule has 7 heteroatoms. The zero-order valence-electron chi connectivity index (χ0n) is 20.2. The number of nitrogens with zero attached hydrogens (tertiary/aromatic N) is 3. The maximum absolute atomic E-state index is 13.9. The quantitative estimate of drug-likeness (QED) is 0.340. The van der Waals surface area contributed by atoms with Crippen molar-refractivity contribution in [2.24, 2.45) is 11.3 Å². The summed E-state index contributed by atoms with van der Waals surface area (Å²) in [5.41, 5.74) is 2.21. The average molecular weight is 484 g/mol. The van der Waals surface area contributed by atoms with Crippen molar-refractivity contribution >= 4 is 39.2 Å². The van der Waals surface area contributed by atoms with E-state index >= 15 is 0 Å². The second-order valence-corrected chi connectivity index (χ2v) is 11.7. The highest BCUT2D eigenvalue weighted by molar-refractivity contribution is 7.99. The molecule has 176 valence electrons. The van der Waals surface area contributed by atoms with Gasteiger partial charge in [-0.05, 0) is 62.1 Å². The monoisotopic (exact) mass is 483 g/mol. The number of benzene rings is 1. The minimum absolute atomic E-state index is 0.0179. The van der Waals surface area contributed by atoms with Crippen molar-refractivity contribution in [1.82, 2.24) is 14.5 Å². The molecule has 0 radical (unpaired) electrons. The number of fused-ring (bicyclic) bond motifs is 3. The molecular weight excluding hydrogens is 450 g/mol. The molecule has 2 heterocycles. The predicted octanol–water partition coefficient (Wildman–Crippen LogP) is 5.56. The molecule has 1 aromatic carbocycles. The van der Waals surface area contributed by atoms with Gasteiger partial charge in [0, 0.05) is 18.0 Å². The van der Waals surface area contributed by atoms with Crippen LogP contribution in [-0.4, -0.2) is 39.2 Å². The Balaban J connectivity index is 1.80. The summed E-state index contributed by atoms with van der Waals surface area (Å²) >= 11 is 3.02. The number of thiophene rings is 1. The lowest BCUT2D eigenvalue weighted by Crippen LogP contribution is -2.32. The minimum Gasteiger partial charge on any atom is -0.343 e. The van der Waals surface area contributed by atoms with Crippen molar-refractivity contribution in [3.05, 3.63) is 51.1 Å². The molecule has 5 nitrogen and oxygen atoms in total. The summed E-state index contributed by atoms with van der Waals surface area (Å²) in [6, 6.07) is 9.66. The Morgan fingerprint density at radius 1 is 1.21 bits per heavy atom. The Bertz CT molecular complexity index is 1200. The summed E-state index contributed by atoms with van der Waals surface area (Å²) in [6.45, 7) is 12.2. The number of hydrogen-bond acceptors (Lipinski definition) is 5. The van der Waals surface area contributed by atoms with Gasteiger partial charge >= 0.3 is 0 Å². The van der Waals surface area contributed by atoms with E-state index in [1.54, 1.807) is 15.9 Å². The van der Waals surface area contributed by atoms with E-state index in [4.69, 9.17) is 4.98 Å². The van der Waals surface area contributed by atoms with E-state index in [1.807, 2.05) is 49.1 Å². The smallest absolute Gasteiger partial charge is 0.267 e. The van der Waals surface area contributed by atoms with Gasteiger partial charge in [-0.1, -0.05) is 50.7 Å². The molecule has 0 saturated carbocycles. The van der Waals surface area contributed by atoms with E-state index in [2.05, 4.69) is 20.8 Å². The van der Waals surface area contributed by atoms with Crippen LogP contribution >= 0.6 is 23.1 Å². The third-order valence-corrected chi connectivity index (χ3v) is 8.80. The van der Waals surface area contributed by atoms with Gasteiger partial charge in [0.25, 0.3) is 5.56 Å². The molecule has 0 saturated heterocycles. The van der Waals surface area contributed by atoms with Crippen LogP contribution in [0.15, 0.2) is 40.3 Å². The number of aromatic nitrogens is 2. The minimum atomic E-state index is -0.0179. The standard InChI is InChI=1S/C26H33N3O2S2/c1-6-28(7-2)21(30)16-32-25-27-23-22(24(31)29(25)18-11-9-8-10-12-18)19-14-13-17(26(3,4)5)15-20(19)33-23/h8-12,17H,6-7,13-16H2,1-5H3/t17-/m0/s1. The second kappa shape index (κ2) is 9.63. The van der Waals surface area contributed by atoms with Gasteiger partial charge in [0.1, 0.15) is 4.83 Å². The van der Waals surface area contributed by atoms with Gasteiger partial charge in [-0.15, -0.1) is 11.3 Å². The van der Waals surface area contributed by atoms with Gasteiger partial charge in [0.05, 0.1) is 16.8 Å². The van der Waals surface area contributed by atoms with Crippen LogP contribution in [0.25, 0.3) is 15.9 Å². The third-order valence-electron chi connectivity index (χ3n) is 6.73. The normalized spacial score (nSPS) is 16.1. The van der Waals surface area contributed by atoms with Gasteiger partial charge < -0.3 is 4.90 Å². The highest BCUT2D eigenvalue weighted by Gasteiger charge is 2.32. The van der Waals surface area contributed by atoms with E-state index in [-0.39, 0.29) is 22.6 Å². The Labute approximate surface area is 204 Å². The molecule has 2 aromatic heterocycles. The number of rotatable bonds is 6. The molecule has 0 N–H and O–H groups in total. The maximum Gasteiger partial charge on any atom is 0.267 e. The van der Waals surface area contributed by atoms with Gasteiger partial charge in [-0.2, -0.15) is 0 Å². The molecule has 0 fully saturated rings. The van der Waals surface area contributed by atoms with E-state index in [9.17, 15) is 9.59 Å². The number of carbonyl (C=O) groups is 1. The van der Waals surface area contributed by atoms with Crippen molar-refractivity contribution in [3.8, 4) is 5.69 Å². The number of para-hydroxylation sites is 1. The Morgan fingerprint density at radius 3 is 2.55 bits per heavy atom. The SMILES string of the molecule is CCN(CC)C(=O)CSc1nc2sc3c(c2c(=O)n1-c1ccccc1)CC[C@H](C(C)(C)C)C3. The summed E-state index contributed by atoms with van der Waals surface area (Å²) in [7, 11) is 0. The molecule has 1 atom stereocenters. The first-order valence-electron chi connectivity index (χ1n) is 11.8. The fourth-order valence-corrected chi connectivity index (χ4v) is 6.90. The van der Waals surface area contributed by atoms with Crippen LogP contribution in [0.1, 0.15) is 51.5 Å². The zero-order chi connectivity index (χ0) is 23.8. The Hall–Kier alpha value is -2.12. The zero-order valence-corrected chi connectivity index (χ0v) is 21.8. The van der Waals surface area contributed by atoms with Gasteiger partial charge in [0.2, 0.25) is 5.91 Å². The number of thioether (sulfide) groups is 1. The van der Waals surface area contributed by atoms with Crippen LogP contribution in [0.3, 0.4) is 0 Å². The molecule has 1 amide bonds. The van der Waals surface area contributed by atoms with E-state index in [1.165, 1.54) is 22.2 Å². The second-order valence-electron chi connectivity index (χ2n) is 9.71. The maximum atomic E-state index is 13.9. The summed E-state index contributed by atoms with van der Waals surface area (Å²) in [5.74, 6) is 0.941. The lowest BCUT2D eigenvalue weighted by atomic mass is 9.72. The summed E-state index contributed by atoms with van der Waals surface area (Å²) in [5, 5.41) is 1.36. The number of amides is 1. The van der Waals surface area contributed by atoms with Crippen LogP contribution < -0.4 is 5.56 Å². The van der Waals surface area contributed by atoms with Crippen LogP contribution in [-0.2, 0) is 17.6 Å². The van der Waals surface area contributed by atoms with Crippen molar-refractivity contribution < 1.29 is 4.79 Å². The summed E-state index contributed by atoms with van der Waals surface area (Å²) in [6.07, 6.45) is 3.03. The van der Waals surface area contributed by atoms with Crippen molar-refractivity contribution in [2.45, 2.75) is 59.0 Å². The molecule has 3 aromatic rings. The highest BCUT2D eigenvalue weighted by atomic mass is 32.2. The van der Waals surface area contributed by atoms with E-state index in [0.29, 0.717) is 24.2 Å². The topological polar surface area (TPSA) is 55.2 Å². The molecule has 33 heavy (non-hydrogen) atoms. The number of hydrogen-bond donors (Lipinski definition) is 0.